The van der Waals surface area contributed by atoms with Crippen molar-refractivity contribution in [2.24, 2.45) is 0 Å². The molecule has 0 aliphatic heterocycles. The van der Waals surface area contributed by atoms with E-state index in [1.54, 1.807) is 12.1 Å². The maximum absolute atomic E-state index is 12.1. The van der Waals surface area contributed by atoms with Gasteiger partial charge < -0.3 is 0 Å². The van der Waals surface area contributed by atoms with Gasteiger partial charge in [-0.25, -0.2) is 0 Å². The number of carbonyl (C=O) groups excluding carboxylic acids is 2. The van der Waals surface area contributed by atoms with E-state index in [1.807, 2.05) is 60.7 Å². The van der Waals surface area contributed by atoms with Crippen LogP contribution in [0.5, 0.6) is 0 Å². The van der Waals surface area contributed by atoms with Crippen molar-refractivity contribution >= 4 is 22.6 Å². The molecule has 2 amide bonds. The van der Waals surface area contributed by atoms with E-state index in [2.05, 4.69) is 10.9 Å². The van der Waals surface area contributed by atoms with Crippen molar-refractivity contribution in [2.75, 3.05) is 0 Å². The summed E-state index contributed by atoms with van der Waals surface area (Å²) in [6, 6.07) is 22.6. The number of hydrazine groups is 1. The Morgan fingerprint density at radius 1 is 0.739 bits per heavy atom. The van der Waals surface area contributed by atoms with Gasteiger partial charge in [0.2, 0.25) is 5.91 Å². The fourth-order valence-electron chi connectivity index (χ4n) is 2.35. The summed E-state index contributed by atoms with van der Waals surface area (Å²) in [6.45, 7) is 0. The number of carbonyl (C=O) groups is 2. The van der Waals surface area contributed by atoms with Gasteiger partial charge in [0.05, 0.1) is 6.42 Å². The molecule has 0 bridgehead atoms. The van der Waals surface area contributed by atoms with Crippen LogP contribution in [-0.4, -0.2) is 11.8 Å². The lowest BCUT2D eigenvalue weighted by Crippen LogP contribution is -2.42. The third-order valence-corrected chi connectivity index (χ3v) is 3.53. The van der Waals surface area contributed by atoms with Crippen LogP contribution in [-0.2, 0) is 11.2 Å². The fourth-order valence-corrected chi connectivity index (χ4v) is 2.35. The van der Waals surface area contributed by atoms with Gasteiger partial charge in [-0.1, -0.05) is 60.7 Å². The summed E-state index contributed by atoms with van der Waals surface area (Å²) in [4.78, 5) is 24.0. The molecular weight excluding hydrogens is 288 g/mol. The van der Waals surface area contributed by atoms with Gasteiger partial charge in [-0.05, 0) is 28.5 Å². The van der Waals surface area contributed by atoms with Gasteiger partial charge in [-0.2, -0.15) is 0 Å². The van der Waals surface area contributed by atoms with Crippen molar-refractivity contribution in [1.29, 1.82) is 0 Å². The Kier molecular flexibility index (Phi) is 4.34. The molecule has 0 aliphatic carbocycles. The van der Waals surface area contributed by atoms with E-state index < -0.39 is 0 Å². The van der Waals surface area contributed by atoms with Crippen LogP contribution in [0.3, 0.4) is 0 Å². The minimum absolute atomic E-state index is 0.221. The first-order valence-corrected chi connectivity index (χ1v) is 7.34. The maximum Gasteiger partial charge on any atom is 0.269 e. The van der Waals surface area contributed by atoms with Crippen LogP contribution in [0, 0.1) is 0 Å². The van der Waals surface area contributed by atoms with Crippen LogP contribution >= 0.6 is 0 Å². The molecule has 0 aliphatic rings. The molecule has 3 rings (SSSR count). The standard InChI is InChI=1S/C19H16N2O2/c22-18(12-14-6-2-1-3-7-14)20-21-19(23)17-11-10-15-8-4-5-9-16(15)13-17/h1-11,13H,12H2,(H,20,22)(H,21,23). The minimum Gasteiger partial charge on any atom is -0.273 e. The lowest BCUT2D eigenvalue weighted by Gasteiger charge is -2.08. The van der Waals surface area contributed by atoms with Gasteiger partial charge in [0.25, 0.3) is 5.91 Å². The highest BCUT2D eigenvalue weighted by Crippen LogP contribution is 2.15. The lowest BCUT2D eigenvalue weighted by molar-refractivity contribution is -0.121. The van der Waals surface area contributed by atoms with Crippen molar-refractivity contribution in [1.82, 2.24) is 10.9 Å². The number of nitrogens with one attached hydrogen (secondary N) is 2. The van der Waals surface area contributed by atoms with Gasteiger partial charge in [-0.15, -0.1) is 0 Å². The largest absolute Gasteiger partial charge is 0.273 e. The first-order chi connectivity index (χ1) is 11.2. The van der Waals surface area contributed by atoms with Crippen LogP contribution in [0.1, 0.15) is 15.9 Å². The predicted octanol–water partition coefficient (Wildman–Crippen LogP) is 2.84. The van der Waals surface area contributed by atoms with Gasteiger partial charge >= 0.3 is 0 Å². The zero-order chi connectivity index (χ0) is 16.1. The number of rotatable bonds is 3. The van der Waals surface area contributed by atoms with E-state index in [0.29, 0.717) is 5.56 Å². The number of hydrogen-bond donors (Lipinski definition) is 2. The van der Waals surface area contributed by atoms with Gasteiger partial charge in [0.1, 0.15) is 0 Å². The summed E-state index contributed by atoms with van der Waals surface area (Å²) in [5.41, 5.74) is 6.28. The highest BCUT2D eigenvalue weighted by atomic mass is 16.2. The molecule has 23 heavy (non-hydrogen) atoms. The average molecular weight is 304 g/mol. The third kappa shape index (κ3) is 3.74. The number of fused-ring (bicyclic) bond motifs is 1. The quantitative estimate of drug-likeness (QED) is 0.731. The van der Waals surface area contributed by atoms with Crippen molar-refractivity contribution in [2.45, 2.75) is 6.42 Å². The second-order valence-electron chi connectivity index (χ2n) is 5.23. The van der Waals surface area contributed by atoms with Crippen molar-refractivity contribution in [3.8, 4) is 0 Å². The number of benzene rings is 3. The molecule has 4 heteroatoms. The van der Waals surface area contributed by atoms with Gasteiger partial charge in [0.15, 0.2) is 0 Å². The second kappa shape index (κ2) is 6.75. The van der Waals surface area contributed by atoms with Crippen molar-refractivity contribution < 1.29 is 9.59 Å². The van der Waals surface area contributed by atoms with Gasteiger partial charge in [-0.3, -0.25) is 20.4 Å². The van der Waals surface area contributed by atoms with Crippen LogP contribution in [0.25, 0.3) is 10.8 Å². The normalized spacial score (nSPS) is 10.3. The van der Waals surface area contributed by atoms with E-state index in [1.165, 1.54) is 0 Å². The van der Waals surface area contributed by atoms with E-state index >= 15 is 0 Å². The lowest BCUT2D eigenvalue weighted by atomic mass is 10.1. The fraction of sp³-hybridized carbons (Fsp3) is 0.0526. The maximum atomic E-state index is 12.1. The Bertz CT molecular complexity index is 844. The molecule has 0 saturated heterocycles. The molecule has 3 aromatic carbocycles. The molecule has 114 valence electrons. The zero-order valence-electron chi connectivity index (χ0n) is 12.5. The first kappa shape index (κ1) is 14.8. The van der Waals surface area contributed by atoms with Crippen molar-refractivity contribution in [3.63, 3.8) is 0 Å². The highest BCUT2D eigenvalue weighted by Gasteiger charge is 2.08. The minimum atomic E-state index is -0.336. The van der Waals surface area contributed by atoms with E-state index in [-0.39, 0.29) is 18.2 Å². The highest BCUT2D eigenvalue weighted by molar-refractivity contribution is 5.99. The van der Waals surface area contributed by atoms with E-state index in [0.717, 1.165) is 16.3 Å². The summed E-state index contributed by atoms with van der Waals surface area (Å²) < 4.78 is 0. The Morgan fingerprint density at radius 2 is 1.43 bits per heavy atom. The van der Waals surface area contributed by atoms with Crippen molar-refractivity contribution in [3.05, 3.63) is 83.9 Å². The van der Waals surface area contributed by atoms with E-state index in [4.69, 9.17) is 0 Å². The smallest absolute Gasteiger partial charge is 0.269 e. The van der Waals surface area contributed by atoms with Gasteiger partial charge in [0, 0.05) is 5.56 Å². The van der Waals surface area contributed by atoms with Crippen LogP contribution in [0.4, 0.5) is 0 Å². The molecule has 0 unspecified atom stereocenters. The Balaban J connectivity index is 1.61. The Labute approximate surface area is 134 Å². The molecule has 0 heterocycles. The molecule has 4 nitrogen and oxygen atoms in total. The molecular formula is C19H16N2O2. The molecule has 0 fully saturated rings. The molecule has 0 radical (unpaired) electrons. The summed E-state index contributed by atoms with van der Waals surface area (Å²) in [6.07, 6.45) is 0.221. The SMILES string of the molecule is O=C(Cc1ccccc1)NNC(=O)c1ccc2ccccc2c1. The molecule has 0 atom stereocenters. The molecule has 2 N–H and O–H groups in total. The van der Waals surface area contributed by atoms with Crippen LogP contribution < -0.4 is 10.9 Å². The van der Waals surface area contributed by atoms with E-state index in [9.17, 15) is 9.59 Å². The topological polar surface area (TPSA) is 58.2 Å². The third-order valence-electron chi connectivity index (χ3n) is 3.53. The average Bonchev–Trinajstić information content (AvgIpc) is 2.60. The van der Waals surface area contributed by atoms with Crippen LogP contribution in [0.15, 0.2) is 72.8 Å². The monoisotopic (exact) mass is 304 g/mol. The second-order valence-corrected chi connectivity index (χ2v) is 5.23. The number of amides is 2. The molecule has 0 aromatic heterocycles. The predicted molar refractivity (Wildman–Crippen MR) is 89.7 cm³/mol. The summed E-state index contributed by atoms with van der Waals surface area (Å²) >= 11 is 0. The molecule has 0 saturated carbocycles. The Morgan fingerprint density at radius 3 is 2.22 bits per heavy atom. The first-order valence-electron chi connectivity index (χ1n) is 7.34. The van der Waals surface area contributed by atoms with Crippen LogP contribution in [0.2, 0.25) is 0 Å². The Hall–Kier alpha value is -3.14. The summed E-state index contributed by atoms with van der Waals surface area (Å²) in [5, 5.41) is 2.05. The number of hydrogen-bond acceptors (Lipinski definition) is 2. The summed E-state index contributed by atoms with van der Waals surface area (Å²) in [5.74, 6) is -0.595. The molecule has 3 aromatic rings. The summed E-state index contributed by atoms with van der Waals surface area (Å²) in [7, 11) is 0. The molecule has 0 spiro atoms. The zero-order valence-corrected chi connectivity index (χ0v) is 12.5.